The van der Waals surface area contributed by atoms with Gasteiger partial charge in [0.25, 0.3) is 5.91 Å². The van der Waals surface area contributed by atoms with Crippen molar-refractivity contribution in [2.45, 2.75) is 38.1 Å². The summed E-state index contributed by atoms with van der Waals surface area (Å²) in [6.07, 6.45) is 6.66. The first-order valence-electron chi connectivity index (χ1n) is 7.52. The van der Waals surface area contributed by atoms with Crippen molar-refractivity contribution in [2.75, 3.05) is 13.1 Å². The molecule has 1 aliphatic rings. The number of carboxylic acid groups (broad SMARTS) is 2. The molecule has 0 atom stereocenters. The Kier molecular flexibility index (Phi) is 8.93. The zero-order valence-electron chi connectivity index (χ0n) is 12.8. The summed E-state index contributed by atoms with van der Waals surface area (Å²) in [5.41, 5.74) is 0. The first-order valence-corrected chi connectivity index (χ1v) is 8.40. The number of rotatable bonds is 5. The Hall–Kier alpha value is -1.93. The molecule has 0 spiro atoms. The molecular formula is C15H22N2O5S. The fourth-order valence-corrected chi connectivity index (χ4v) is 2.89. The van der Waals surface area contributed by atoms with Gasteiger partial charge in [-0.05, 0) is 24.3 Å². The summed E-state index contributed by atoms with van der Waals surface area (Å²) in [5, 5.41) is 23.2. The van der Waals surface area contributed by atoms with E-state index in [0.717, 1.165) is 11.4 Å². The van der Waals surface area contributed by atoms with Crippen LogP contribution in [0.4, 0.5) is 0 Å². The fraction of sp³-hybridized carbons (Fsp3) is 0.533. The minimum Gasteiger partial charge on any atom is -0.473 e. The molecule has 1 heterocycles. The van der Waals surface area contributed by atoms with E-state index in [1.165, 1.54) is 43.4 Å². The van der Waals surface area contributed by atoms with Crippen molar-refractivity contribution in [3.63, 3.8) is 0 Å². The number of amides is 1. The molecule has 1 aromatic rings. The fourth-order valence-electron chi connectivity index (χ4n) is 2.25. The highest BCUT2D eigenvalue weighted by molar-refractivity contribution is 7.12. The van der Waals surface area contributed by atoms with Crippen molar-refractivity contribution >= 4 is 29.2 Å². The van der Waals surface area contributed by atoms with Crippen LogP contribution in [0.15, 0.2) is 17.5 Å². The summed E-state index contributed by atoms with van der Waals surface area (Å²) < 4.78 is 0. The van der Waals surface area contributed by atoms with Gasteiger partial charge in [-0.25, -0.2) is 9.59 Å². The molecule has 0 aliphatic heterocycles. The van der Waals surface area contributed by atoms with Gasteiger partial charge in [-0.15, -0.1) is 11.3 Å². The predicted octanol–water partition coefficient (Wildman–Crippen LogP) is 1.56. The molecule has 1 fully saturated rings. The van der Waals surface area contributed by atoms with Crippen LogP contribution in [0.3, 0.4) is 0 Å². The van der Waals surface area contributed by atoms with E-state index in [-0.39, 0.29) is 5.91 Å². The third-order valence-electron chi connectivity index (χ3n) is 3.38. The zero-order valence-corrected chi connectivity index (χ0v) is 13.6. The molecular weight excluding hydrogens is 320 g/mol. The summed E-state index contributed by atoms with van der Waals surface area (Å²) in [7, 11) is 0. The Bertz CT molecular complexity index is 486. The van der Waals surface area contributed by atoms with E-state index in [9.17, 15) is 4.79 Å². The van der Waals surface area contributed by atoms with Crippen LogP contribution < -0.4 is 10.6 Å². The largest absolute Gasteiger partial charge is 0.473 e. The summed E-state index contributed by atoms with van der Waals surface area (Å²) in [4.78, 5) is 30.6. The van der Waals surface area contributed by atoms with E-state index < -0.39 is 11.9 Å². The first-order chi connectivity index (χ1) is 11.0. The number of aliphatic carboxylic acids is 2. The molecule has 128 valence electrons. The van der Waals surface area contributed by atoms with Gasteiger partial charge in [-0.1, -0.05) is 25.3 Å². The average Bonchev–Trinajstić information content (AvgIpc) is 3.07. The van der Waals surface area contributed by atoms with Gasteiger partial charge >= 0.3 is 11.9 Å². The van der Waals surface area contributed by atoms with E-state index in [2.05, 4.69) is 10.6 Å². The van der Waals surface area contributed by atoms with Crippen molar-refractivity contribution in [2.24, 2.45) is 0 Å². The number of carbonyl (C=O) groups excluding carboxylic acids is 1. The smallest absolute Gasteiger partial charge is 0.414 e. The van der Waals surface area contributed by atoms with Crippen LogP contribution in [0, 0.1) is 0 Å². The van der Waals surface area contributed by atoms with E-state index in [4.69, 9.17) is 19.8 Å². The van der Waals surface area contributed by atoms with Crippen LogP contribution in [0.25, 0.3) is 0 Å². The van der Waals surface area contributed by atoms with E-state index in [1.54, 1.807) is 0 Å². The minimum absolute atomic E-state index is 0.0467. The molecule has 23 heavy (non-hydrogen) atoms. The number of carboxylic acids is 2. The molecule has 0 radical (unpaired) electrons. The Balaban J connectivity index is 0.000000379. The molecule has 7 nitrogen and oxygen atoms in total. The van der Waals surface area contributed by atoms with Gasteiger partial charge in [-0.3, -0.25) is 4.79 Å². The third-order valence-corrected chi connectivity index (χ3v) is 4.25. The maximum absolute atomic E-state index is 11.6. The Labute approximate surface area is 138 Å². The van der Waals surface area contributed by atoms with E-state index in [1.807, 2.05) is 17.5 Å². The van der Waals surface area contributed by atoms with Gasteiger partial charge in [0.05, 0.1) is 4.88 Å². The van der Waals surface area contributed by atoms with Crippen molar-refractivity contribution in [3.05, 3.63) is 22.4 Å². The molecule has 0 aromatic carbocycles. The summed E-state index contributed by atoms with van der Waals surface area (Å²) in [6.45, 7) is 1.59. The Morgan fingerprint density at radius 2 is 1.74 bits per heavy atom. The molecule has 1 amide bonds. The topological polar surface area (TPSA) is 116 Å². The quantitative estimate of drug-likeness (QED) is 0.477. The maximum atomic E-state index is 11.6. The van der Waals surface area contributed by atoms with Crippen LogP contribution in [0.2, 0.25) is 0 Å². The highest BCUT2D eigenvalue weighted by atomic mass is 32.1. The maximum Gasteiger partial charge on any atom is 0.414 e. The highest BCUT2D eigenvalue weighted by Crippen LogP contribution is 2.16. The predicted molar refractivity (Wildman–Crippen MR) is 86.8 cm³/mol. The van der Waals surface area contributed by atoms with Gasteiger partial charge < -0.3 is 20.8 Å². The summed E-state index contributed by atoms with van der Waals surface area (Å²) in [6, 6.07) is 4.43. The van der Waals surface area contributed by atoms with E-state index in [0.29, 0.717) is 12.6 Å². The molecule has 4 N–H and O–H groups in total. The van der Waals surface area contributed by atoms with Crippen molar-refractivity contribution < 1.29 is 24.6 Å². The molecule has 1 aliphatic carbocycles. The monoisotopic (exact) mass is 342 g/mol. The summed E-state index contributed by atoms with van der Waals surface area (Å²) >= 11 is 1.48. The molecule has 2 rings (SSSR count). The second-order valence-corrected chi connectivity index (χ2v) is 6.08. The lowest BCUT2D eigenvalue weighted by Gasteiger charge is -2.22. The average molecular weight is 342 g/mol. The number of thiophene rings is 1. The van der Waals surface area contributed by atoms with Gasteiger partial charge in [0.15, 0.2) is 0 Å². The molecule has 8 heteroatoms. The Morgan fingerprint density at radius 3 is 2.26 bits per heavy atom. The van der Waals surface area contributed by atoms with Crippen molar-refractivity contribution in [1.29, 1.82) is 0 Å². The molecule has 1 saturated carbocycles. The van der Waals surface area contributed by atoms with Crippen molar-refractivity contribution in [3.8, 4) is 0 Å². The molecule has 0 unspecified atom stereocenters. The first kappa shape index (κ1) is 19.1. The minimum atomic E-state index is -1.82. The summed E-state index contributed by atoms with van der Waals surface area (Å²) in [5.74, 6) is -3.60. The van der Waals surface area contributed by atoms with Crippen LogP contribution in [-0.4, -0.2) is 47.2 Å². The van der Waals surface area contributed by atoms with Crippen LogP contribution in [0.1, 0.15) is 41.8 Å². The second-order valence-electron chi connectivity index (χ2n) is 5.13. The third kappa shape index (κ3) is 8.32. The van der Waals surface area contributed by atoms with Crippen LogP contribution >= 0.6 is 11.3 Å². The van der Waals surface area contributed by atoms with Gasteiger partial charge in [0, 0.05) is 19.1 Å². The molecule has 0 bridgehead atoms. The van der Waals surface area contributed by atoms with Gasteiger partial charge in [0.2, 0.25) is 0 Å². The van der Waals surface area contributed by atoms with Crippen LogP contribution in [-0.2, 0) is 9.59 Å². The molecule has 0 saturated heterocycles. The normalized spacial score (nSPS) is 14.4. The van der Waals surface area contributed by atoms with Crippen molar-refractivity contribution in [1.82, 2.24) is 10.6 Å². The SMILES string of the molecule is O=C(NCCNC1CCCCC1)c1cccs1.O=C(O)C(=O)O. The lowest BCUT2D eigenvalue weighted by atomic mass is 9.95. The number of nitrogens with one attached hydrogen (secondary N) is 2. The van der Waals surface area contributed by atoms with Gasteiger partial charge in [0.1, 0.15) is 0 Å². The van der Waals surface area contributed by atoms with Crippen LogP contribution in [0.5, 0.6) is 0 Å². The lowest BCUT2D eigenvalue weighted by molar-refractivity contribution is -0.159. The zero-order chi connectivity index (χ0) is 17.1. The lowest BCUT2D eigenvalue weighted by Crippen LogP contribution is -2.37. The van der Waals surface area contributed by atoms with E-state index >= 15 is 0 Å². The standard InChI is InChI=1S/C13H20N2OS.C2H2O4/c16-13(12-7-4-10-17-12)15-9-8-14-11-5-2-1-3-6-11;3-1(4)2(5)6/h4,7,10-11,14H,1-3,5-6,8-9H2,(H,15,16);(H,3,4)(H,5,6). The number of hydrogen-bond donors (Lipinski definition) is 4. The molecule has 1 aromatic heterocycles. The highest BCUT2D eigenvalue weighted by Gasteiger charge is 2.12. The number of hydrogen-bond acceptors (Lipinski definition) is 5. The van der Waals surface area contributed by atoms with Gasteiger partial charge in [-0.2, -0.15) is 0 Å². The number of carbonyl (C=O) groups is 3. The Morgan fingerprint density at radius 1 is 1.09 bits per heavy atom. The second kappa shape index (κ2) is 10.7.